The van der Waals surface area contributed by atoms with Gasteiger partial charge < -0.3 is 15.0 Å². The van der Waals surface area contributed by atoms with Crippen LogP contribution in [0.15, 0.2) is 24.3 Å². The zero-order valence-electron chi connectivity index (χ0n) is 12.5. The lowest BCUT2D eigenvalue weighted by Gasteiger charge is -2.37. The lowest BCUT2D eigenvalue weighted by molar-refractivity contribution is 0.0680. The molecule has 0 saturated carbocycles. The smallest absolute Gasteiger partial charge is 0.322 e. The molecule has 0 radical (unpaired) electrons. The molecule has 21 heavy (non-hydrogen) atoms. The summed E-state index contributed by atoms with van der Waals surface area (Å²) in [7, 11) is 1.69. The van der Waals surface area contributed by atoms with Crippen molar-refractivity contribution in [2.45, 2.75) is 13.0 Å². The van der Waals surface area contributed by atoms with E-state index in [1.807, 2.05) is 0 Å². The van der Waals surface area contributed by atoms with Gasteiger partial charge in [-0.05, 0) is 19.1 Å². The molecule has 0 bridgehead atoms. The van der Waals surface area contributed by atoms with E-state index in [0.29, 0.717) is 25.7 Å². The quantitative estimate of drug-likeness (QED) is 0.924. The van der Waals surface area contributed by atoms with E-state index in [1.165, 1.54) is 6.07 Å². The Morgan fingerprint density at radius 3 is 2.62 bits per heavy atom. The molecular weight excluding hydrogens is 273 g/mol. The van der Waals surface area contributed by atoms with E-state index in [1.54, 1.807) is 30.2 Å². The van der Waals surface area contributed by atoms with Crippen LogP contribution in [0.5, 0.6) is 0 Å². The number of para-hydroxylation sites is 1. The molecule has 6 heteroatoms. The number of ether oxygens (including phenoxy) is 1. The average molecular weight is 295 g/mol. The molecule has 1 atom stereocenters. The maximum absolute atomic E-state index is 13.5. The summed E-state index contributed by atoms with van der Waals surface area (Å²) in [6.07, 6.45) is 0. The minimum Gasteiger partial charge on any atom is -0.383 e. The van der Waals surface area contributed by atoms with Crippen molar-refractivity contribution >= 4 is 11.7 Å². The molecule has 1 aliphatic heterocycles. The maximum Gasteiger partial charge on any atom is 0.322 e. The summed E-state index contributed by atoms with van der Waals surface area (Å²) in [5.74, 6) is -0.418. The van der Waals surface area contributed by atoms with Crippen LogP contribution in [0.4, 0.5) is 14.9 Å². The van der Waals surface area contributed by atoms with E-state index in [0.717, 1.165) is 13.1 Å². The number of carbonyl (C=O) groups is 1. The van der Waals surface area contributed by atoms with Crippen LogP contribution >= 0.6 is 0 Å². The molecule has 0 spiro atoms. The first-order valence-corrected chi connectivity index (χ1v) is 7.15. The Balaban J connectivity index is 1.85. The number of halogens is 1. The van der Waals surface area contributed by atoms with E-state index >= 15 is 0 Å². The average Bonchev–Trinajstić information content (AvgIpc) is 2.50. The molecule has 1 aliphatic rings. The number of anilines is 1. The van der Waals surface area contributed by atoms with Gasteiger partial charge in [-0.25, -0.2) is 9.18 Å². The van der Waals surface area contributed by atoms with Crippen molar-refractivity contribution in [3.8, 4) is 0 Å². The molecule has 1 fully saturated rings. The largest absolute Gasteiger partial charge is 0.383 e. The fraction of sp³-hybridized carbons (Fsp3) is 0.533. The van der Waals surface area contributed by atoms with Crippen LogP contribution in [0, 0.1) is 5.82 Å². The Morgan fingerprint density at radius 1 is 1.33 bits per heavy atom. The first-order chi connectivity index (χ1) is 10.1. The number of nitrogens with zero attached hydrogens (tertiary/aromatic N) is 2. The highest BCUT2D eigenvalue weighted by Crippen LogP contribution is 2.14. The maximum atomic E-state index is 13.5. The number of methoxy groups -OCH3 is 1. The van der Waals surface area contributed by atoms with E-state index in [4.69, 9.17) is 4.74 Å². The third kappa shape index (κ3) is 4.15. The van der Waals surface area contributed by atoms with Gasteiger partial charge >= 0.3 is 6.03 Å². The molecule has 0 aliphatic carbocycles. The topological polar surface area (TPSA) is 44.8 Å². The number of nitrogens with one attached hydrogen (secondary N) is 1. The standard InChI is InChI=1S/C15H22FN3O2/c1-12(11-21-2)18-7-9-19(10-8-18)15(20)17-14-6-4-3-5-13(14)16/h3-6,12H,7-11H2,1-2H3,(H,17,20)/t12-/m0/s1. The highest BCUT2D eigenvalue weighted by molar-refractivity contribution is 5.89. The molecule has 2 amide bonds. The van der Waals surface area contributed by atoms with Crippen molar-refractivity contribution in [1.29, 1.82) is 0 Å². The third-order valence-electron chi connectivity index (χ3n) is 3.75. The van der Waals surface area contributed by atoms with Gasteiger partial charge in [0.25, 0.3) is 0 Å². The van der Waals surface area contributed by atoms with Gasteiger partial charge in [-0.1, -0.05) is 12.1 Å². The first kappa shape index (κ1) is 15.7. The van der Waals surface area contributed by atoms with Crippen molar-refractivity contribution in [3.05, 3.63) is 30.1 Å². The lowest BCUT2D eigenvalue weighted by Crippen LogP contribution is -2.53. The summed E-state index contributed by atoms with van der Waals surface area (Å²) in [6, 6.07) is 6.28. The molecule has 0 aromatic heterocycles. The van der Waals surface area contributed by atoms with Crippen molar-refractivity contribution < 1.29 is 13.9 Å². The molecule has 116 valence electrons. The number of amides is 2. The predicted molar refractivity (Wildman–Crippen MR) is 79.9 cm³/mol. The second kappa shape index (κ2) is 7.38. The molecule has 1 N–H and O–H groups in total. The summed E-state index contributed by atoms with van der Waals surface area (Å²) in [6.45, 7) is 5.66. The van der Waals surface area contributed by atoms with E-state index < -0.39 is 5.82 Å². The minimum absolute atomic E-state index is 0.220. The van der Waals surface area contributed by atoms with Gasteiger partial charge in [0.2, 0.25) is 0 Å². The summed E-state index contributed by atoms with van der Waals surface area (Å²) in [5, 5.41) is 2.62. The van der Waals surface area contributed by atoms with Gasteiger partial charge in [0.1, 0.15) is 5.82 Å². The fourth-order valence-corrected chi connectivity index (χ4v) is 2.47. The van der Waals surface area contributed by atoms with Gasteiger partial charge in [-0.2, -0.15) is 0 Å². The Morgan fingerprint density at radius 2 is 2.00 bits per heavy atom. The number of benzene rings is 1. The zero-order chi connectivity index (χ0) is 15.2. The second-order valence-electron chi connectivity index (χ2n) is 5.24. The van der Waals surface area contributed by atoms with Gasteiger partial charge in [-0.3, -0.25) is 4.90 Å². The third-order valence-corrected chi connectivity index (χ3v) is 3.75. The van der Waals surface area contributed by atoms with Crippen molar-refractivity contribution in [1.82, 2.24) is 9.80 Å². The minimum atomic E-state index is -0.418. The molecule has 1 aromatic rings. The van der Waals surface area contributed by atoms with Gasteiger partial charge in [0.05, 0.1) is 12.3 Å². The Labute approximate surface area is 124 Å². The summed E-state index contributed by atoms with van der Waals surface area (Å²) >= 11 is 0. The first-order valence-electron chi connectivity index (χ1n) is 7.15. The van der Waals surface area contributed by atoms with Gasteiger partial charge in [-0.15, -0.1) is 0 Å². The second-order valence-corrected chi connectivity index (χ2v) is 5.24. The molecule has 1 saturated heterocycles. The van der Waals surface area contributed by atoms with Crippen molar-refractivity contribution in [2.24, 2.45) is 0 Å². The van der Waals surface area contributed by atoms with Crippen LogP contribution in [0.3, 0.4) is 0 Å². The molecule has 1 aromatic carbocycles. The molecule has 1 heterocycles. The van der Waals surface area contributed by atoms with Crippen LogP contribution in [-0.4, -0.2) is 61.8 Å². The number of hydrogen-bond donors (Lipinski definition) is 1. The SMILES string of the molecule is COC[C@H](C)N1CCN(C(=O)Nc2ccccc2F)CC1. The number of piperazine rings is 1. The number of hydrogen-bond acceptors (Lipinski definition) is 3. The lowest BCUT2D eigenvalue weighted by atomic mass is 10.2. The molecule has 2 rings (SSSR count). The fourth-order valence-electron chi connectivity index (χ4n) is 2.47. The van der Waals surface area contributed by atoms with Crippen molar-refractivity contribution in [2.75, 3.05) is 45.2 Å². The Kier molecular flexibility index (Phi) is 5.52. The van der Waals surface area contributed by atoms with Crippen LogP contribution in [-0.2, 0) is 4.74 Å². The van der Waals surface area contributed by atoms with Gasteiger partial charge in [0.15, 0.2) is 0 Å². The Hall–Kier alpha value is -1.66. The Bertz CT molecular complexity index is 476. The molecule has 0 unspecified atom stereocenters. The van der Waals surface area contributed by atoms with Crippen LogP contribution in [0.2, 0.25) is 0 Å². The number of rotatable bonds is 4. The molecule has 5 nitrogen and oxygen atoms in total. The predicted octanol–water partition coefficient (Wildman–Crippen LogP) is 2.01. The van der Waals surface area contributed by atoms with Gasteiger partial charge in [0, 0.05) is 39.3 Å². The van der Waals surface area contributed by atoms with Crippen LogP contribution in [0.25, 0.3) is 0 Å². The van der Waals surface area contributed by atoms with Crippen molar-refractivity contribution in [3.63, 3.8) is 0 Å². The number of carbonyl (C=O) groups excluding carboxylic acids is 1. The number of urea groups is 1. The van der Waals surface area contributed by atoms with Crippen LogP contribution < -0.4 is 5.32 Å². The summed E-state index contributed by atoms with van der Waals surface area (Å²) in [5.41, 5.74) is 0.220. The van der Waals surface area contributed by atoms with E-state index in [-0.39, 0.29) is 11.7 Å². The van der Waals surface area contributed by atoms with E-state index in [2.05, 4.69) is 17.1 Å². The summed E-state index contributed by atoms with van der Waals surface area (Å²) in [4.78, 5) is 16.1. The van der Waals surface area contributed by atoms with E-state index in [9.17, 15) is 9.18 Å². The highest BCUT2D eigenvalue weighted by Gasteiger charge is 2.24. The summed E-state index contributed by atoms with van der Waals surface area (Å²) < 4.78 is 18.7. The zero-order valence-corrected chi connectivity index (χ0v) is 12.5. The normalized spacial score (nSPS) is 17.6. The highest BCUT2D eigenvalue weighted by atomic mass is 19.1. The monoisotopic (exact) mass is 295 g/mol. The van der Waals surface area contributed by atoms with Crippen LogP contribution in [0.1, 0.15) is 6.92 Å². The molecular formula is C15H22FN3O2.